The summed E-state index contributed by atoms with van der Waals surface area (Å²) in [7, 11) is 1.62. The minimum atomic E-state index is -0.558. The van der Waals surface area contributed by atoms with Crippen LogP contribution >= 0.6 is 0 Å². The zero-order valence-electron chi connectivity index (χ0n) is 19.5. The van der Waals surface area contributed by atoms with Crippen LogP contribution in [0.25, 0.3) is 0 Å². The minimum absolute atomic E-state index is 0.0219. The van der Waals surface area contributed by atoms with Crippen molar-refractivity contribution in [3.05, 3.63) is 29.8 Å². The van der Waals surface area contributed by atoms with E-state index in [2.05, 4.69) is 24.5 Å². The van der Waals surface area contributed by atoms with E-state index in [9.17, 15) is 14.7 Å². The summed E-state index contributed by atoms with van der Waals surface area (Å²) in [5, 5.41) is 17.5. The largest absolute Gasteiger partial charge is 0.496 e. The van der Waals surface area contributed by atoms with E-state index >= 15 is 0 Å². The molecule has 2 aliphatic carbocycles. The highest BCUT2D eigenvalue weighted by molar-refractivity contribution is 5.78. The normalized spacial score (nSPS) is 33.7. The molecule has 0 aliphatic heterocycles. The summed E-state index contributed by atoms with van der Waals surface area (Å²) in [5.41, 5.74) is 0.985. The van der Waals surface area contributed by atoms with Crippen molar-refractivity contribution in [1.82, 2.24) is 10.6 Å². The second kappa shape index (κ2) is 9.60. The highest BCUT2D eigenvalue weighted by Crippen LogP contribution is 2.55. The van der Waals surface area contributed by atoms with Crippen LogP contribution in [0.4, 0.5) is 0 Å². The van der Waals surface area contributed by atoms with Gasteiger partial charge in [0.15, 0.2) is 0 Å². The number of aliphatic hydroxyl groups is 1. The van der Waals surface area contributed by atoms with Crippen molar-refractivity contribution >= 4 is 11.8 Å². The van der Waals surface area contributed by atoms with Crippen LogP contribution in [0.3, 0.4) is 0 Å². The summed E-state index contributed by atoms with van der Waals surface area (Å²) < 4.78 is 5.37. The van der Waals surface area contributed by atoms with Gasteiger partial charge in [-0.1, -0.05) is 39.0 Å². The van der Waals surface area contributed by atoms with E-state index in [-0.39, 0.29) is 46.9 Å². The average Bonchev–Trinajstić information content (AvgIpc) is 2.73. The molecule has 6 heteroatoms. The zero-order valence-corrected chi connectivity index (χ0v) is 19.5. The van der Waals surface area contributed by atoms with E-state index in [1.54, 1.807) is 14.0 Å². The lowest BCUT2D eigenvalue weighted by molar-refractivity contribution is -0.143. The van der Waals surface area contributed by atoms with Crippen molar-refractivity contribution in [2.75, 3.05) is 7.11 Å². The van der Waals surface area contributed by atoms with Crippen molar-refractivity contribution in [2.24, 2.45) is 29.1 Å². The summed E-state index contributed by atoms with van der Waals surface area (Å²) in [6, 6.07) is 7.73. The van der Waals surface area contributed by atoms with Gasteiger partial charge in [0.1, 0.15) is 5.75 Å². The van der Waals surface area contributed by atoms with Crippen LogP contribution in [-0.4, -0.2) is 36.2 Å². The van der Waals surface area contributed by atoms with Crippen molar-refractivity contribution in [3.63, 3.8) is 0 Å². The Balaban J connectivity index is 1.68. The Morgan fingerprint density at radius 3 is 2.61 bits per heavy atom. The average molecular weight is 431 g/mol. The molecule has 0 aromatic heterocycles. The van der Waals surface area contributed by atoms with E-state index in [4.69, 9.17) is 4.74 Å². The van der Waals surface area contributed by atoms with Crippen molar-refractivity contribution < 1.29 is 19.4 Å². The maximum atomic E-state index is 13.0. The van der Waals surface area contributed by atoms with E-state index in [1.807, 2.05) is 31.2 Å². The lowest BCUT2D eigenvalue weighted by Crippen LogP contribution is -2.58. The number of methoxy groups -OCH3 is 1. The molecule has 0 radical (unpaired) electrons. The third-order valence-corrected chi connectivity index (χ3v) is 7.98. The van der Waals surface area contributed by atoms with Gasteiger partial charge in [0.25, 0.3) is 0 Å². The van der Waals surface area contributed by atoms with Crippen LogP contribution in [0.2, 0.25) is 0 Å². The molecule has 3 rings (SSSR count). The molecule has 31 heavy (non-hydrogen) atoms. The van der Waals surface area contributed by atoms with Gasteiger partial charge in [0.2, 0.25) is 11.8 Å². The summed E-state index contributed by atoms with van der Waals surface area (Å²) in [6.07, 6.45) is 3.22. The van der Waals surface area contributed by atoms with Gasteiger partial charge in [-0.25, -0.2) is 0 Å². The van der Waals surface area contributed by atoms with Gasteiger partial charge in [0, 0.05) is 31.0 Å². The summed E-state index contributed by atoms with van der Waals surface area (Å²) in [4.78, 5) is 24.6. The molecule has 6 nitrogen and oxygen atoms in total. The zero-order chi connectivity index (χ0) is 22.8. The fraction of sp³-hybridized carbons (Fsp3) is 0.680. The molecular weight excluding hydrogens is 392 g/mol. The van der Waals surface area contributed by atoms with Crippen LogP contribution in [-0.2, 0) is 16.1 Å². The first kappa shape index (κ1) is 23.6. The number of aliphatic hydroxyl groups excluding tert-OH is 1. The van der Waals surface area contributed by atoms with Crippen molar-refractivity contribution in [1.29, 1.82) is 0 Å². The van der Waals surface area contributed by atoms with Crippen LogP contribution in [0.1, 0.15) is 58.9 Å². The first-order valence-electron chi connectivity index (χ1n) is 11.5. The third-order valence-electron chi connectivity index (χ3n) is 7.98. The maximum Gasteiger partial charge on any atom is 0.223 e. The van der Waals surface area contributed by atoms with Crippen LogP contribution in [0, 0.1) is 29.1 Å². The van der Waals surface area contributed by atoms with Crippen LogP contribution < -0.4 is 15.4 Å². The van der Waals surface area contributed by atoms with Gasteiger partial charge < -0.3 is 20.5 Å². The molecule has 2 fully saturated rings. The monoisotopic (exact) mass is 430 g/mol. The Morgan fingerprint density at radius 1 is 1.26 bits per heavy atom. The standard InChI is InChI=1S/C25H38N2O4/c1-15(24(30)26-14-18-8-6-7-9-21(18)31-5)19-10-12-25(4)13-11-20(27-17(3)28)16(2)22(25)23(19)29/h6-9,15-16,19-20,22-23,29H,10-14H2,1-5H3,(H,26,30)(H,27,28)/t15-,16+,19+,20-,22+,23-,25-/m0/s1. The smallest absolute Gasteiger partial charge is 0.223 e. The second-order valence-electron chi connectivity index (χ2n) is 9.90. The Kier molecular flexibility index (Phi) is 7.30. The molecule has 2 aliphatic rings. The molecule has 0 bridgehead atoms. The lowest BCUT2D eigenvalue weighted by atomic mass is 9.51. The van der Waals surface area contributed by atoms with Crippen molar-refractivity contribution in [2.45, 2.75) is 72.1 Å². The topological polar surface area (TPSA) is 87.7 Å². The SMILES string of the molecule is COc1ccccc1CNC(=O)[C@@H](C)[C@H]1CC[C@@]2(C)CC[C@H](NC(C)=O)[C@@H](C)[C@@H]2[C@H]1O. The minimum Gasteiger partial charge on any atom is -0.496 e. The Labute approximate surface area is 186 Å². The van der Waals surface area contributed by atoms with Gasteiger partial charge in [-0.05, 0) is 54.9 Å². The van der Waals surface area contributed by atoms with Gasteiger partial charge in [-0.2, -0.15) is 0 Å². The number of hydrogen-bond acceptors (Lipinski definition) is 4. The molecule has 0 unspecified atom stereocenters. The van der Waals surface area contributed by atoms with Crippen molar-refractivity contribution in [3.8, 4) is 5.75 Å². The van der Waals surface area contributed by atoms with Gasteiger partial charge in [-0.3, -0.25) is 9.59 Å². The molecule has 1 aromatic carbocycles. The molecule has 1 aromatic rings. The fourth-order valence-corrected chi connectivity index (χ4v) is 6.15. The maximum absolute atomic E-state index is 13.0. The molecule has 7 atom stereocenters. The number of benzene rings is 1. The summed E-state index contributed by atoms with van der Waals surface area (Å²) in [6.45, 7) is 8.28. The summed E-state index contributed by atoms with van der Waals surface area (Å²) in [5.74, 6) is 0.554. The Bertz CT molecular complexity index is 797. The molecule has 172 valence electrons. The first-order chi connectivity index (χ1) is 14.7. The Morgan fingerprint density at radius 2 is 1.94 bits per heavy atom. The molecule has 2 amide bonds. The van der Waals surface area contributed by atoms with Gasteiger partial charge in [0.05, 0.1) is 13.2 Å². The van der Waals surface area contributed by atoms with Gasteiger partial charge in [-0.15, -0.1) is 0 Å². The number of fused-ring (bicyclic) bond motifs is 1. The lowest BCUT2D eigenvalue weighted by Gasteiger charge is -2.56. The number of nitrogens with one attached hydrogen (secondary N) is 2. The molecule has 0 heterocycles. The third kappa shape index (κ3) is 4.89. The fourth-order valence-electron chi connectivity index (χ4n) is 6.15. The number of amides is 2. The summed E-state index contributed by atoms with van der Waals surface area (Å²) >= 11 is 0. The number of hydrogen-bond donors (Lipinski definition) is 3. The van der Waals surface area contributed by atoms with Crippen LogP contribution in [0.15, 0.2) is 24.3 Å². The van der Waals surface area contributed by atoms with Gasteiger partial charge >= 0.3 is 0 Å². The molecule has 3 N–H and O–H groups in total. The predicted molar refractivity (Wildman–Crippen MR) is 120 cm³/mol. The molecule has 0 saturated heterocycles. The first-order valence-corrected chi connectivity index (χ1v) is 11.5. The van der Waals surface area contributed by atoms with Crippen LogP contribution in [0.5, 0.6) is 5.75 Å². The molecule has 2 saturated carbocycles. The highest BCUT2D eigenvalue weighted by Gasteiger charge is 2.53. The number of carbonyl (C=O) groups is 2. The predicted octanol–water partition coefficient (Wildman–Crippen LogP) is 3.28. The van der Waals surface area contributed by atoms with E-state index in [0.717, 1.165) is 37.0 Å². The number of rotatable bonds is 6. The quantitative estimate of drug-likeness (QED) is 0.646. The second-order valence-corrected chi connectivity index (χ2v) is 9.90. The molecular formula is C25H38N2O4. The Hall–Kier alpha value is -2.08. The van der Waals surface area contributed by atoms with E-state index in [1.165, 1.54) is 0 Å². The highest BCUT2D eigenvalue weighted by atomic mass is 16.5. The van der Waals surface area contributed by atoms with E-state index < -0.39 is 6.10 Å². The molecule has 0 spiro atoms. The number of ether oxygens (including phenoxy) is 1. The van der Waals surface area contributed by atoms with E-state index in [0.29, 0.717) is 6.54 Å². The number of carbonyl (C=O) groups excluding carboxylic acids is 2. The number of para-hydroxylation sites is 1.